The van der Waals surface area contributed by atoms with Crippen molar-refractivity contribution in [1.82, 2.24) is 0 Å². The highest BCUT2D eigenvalue weighted by Crippen LogP contribution is 2.26. The summed E-state index contributed by atoms with van der Waals surface area (Å²) in [6.45, 7) is 0. The zero-order chi connectivity index (χ0) is 5.82. The van der Waals surface area contributed by atoms with Gasteiger partial charge in [0.1, 0.15) is 15.0 Å². The molecule has 3 heteroatoms. The summed E-state index contributed by atoms with van der Waals surface area (Å²) in [5, 5.41) is 0. The maximum Gasteiger partial charge on any atom is 0.127 e. The van der Waals surface area contributed by atoms with Crippen LogP contribution in [0, 0.1) is 0 Å². The first-order chi connectivity index (χ1) is 3.93. The lowest BCUT2D eigenvalue weighted by atomic mass is 10.4. The Balaban J connectivity index is 2.23. The Morgan fingerprint density at radius 2 is 2.62 bits per heavy atom. The Kier molecular flexibility index (Phi) is 3.04. The first-order valence-corrected chi connectivity index (χ1v) is 5.86. The highest BCUT2D eigenvalue weighted by Gasteiger charge is 2.03. The van der Waals surface area contributed by atoms with Crippen molar-refractivity contribution in [2.75, 3.05) is 0 Å². The average molecular weight is 242 g/mol. The van der Waals surface area contributed by atoms with Gasteiger partial charge in [0, 0.05) is 27.6 Å². The summed E-state index contributed by atoms with van der Waals surface area (Å²) in [6.07, 6.45) is 5.76. The van der Waals surface area contributed by atoms with Gasteiger partial charge >= 0.3 is 0 Å². The Labute approximate surface area is 65.7 Å². The van der Waals surface area contributed by atoms with Crippen LogP contribution in [0.4, 0.5) is 0 Å². The van der Waals surface area contributed by atoms with Gasteiger partial charge in [-0.25, -0.2) is 0 Å². The third kappa shape index (κ3) is 1.85. The monoisotopic (exact) mass is 242 g/mol. The normalized spacial score (nSPS) is 18.4. The van der Waals surface area contributed by atoms with Crippen molar-refractivity contribution in [3.63, 3.8) is 0 Å². The van der Waals surface area contributed by atoms with E-state index in [1.54, 1.807) is 0 Å². The highest BCUT2D eigenvalue weighted by molar-refractivity contribution is 14.2. The van der Waals surface area contributed by atoms with E-state index in [2.05, 4.69) is 27.3 Å². The smallest absolute Gasteiger partial charge is 0.127 e. The van der Waals surface area contributed by atoms with E-state index in [4.69, 9.17) is 4.18 Å². The quantitative estimate of drug-likeness (QED) is 0.543. The summed E-state index contributed by atoms with van der Waals surface area (Å²) in [6, 6.07) is 0. The molecule has 1 aliphatic carbocycles. The molecule has 0 spiro atoms. The lowest BCUT2D eigenvalue weighted by Gasteiger charge is -1.95. The van der Waals surface area contributed by atoms with Crippen molar-refractivity contribution in [2.24, 2.45) is 0 Å². The second-order valence-corrected chi connectivity index (χ2v) is 3.08. The number of allylic oxidation sites excluding steroid dienone is 2. The molecule has 0 aromatic heterocycles. The molecule has 0 aliphatic heterocycles. The summed E-state index contributed by atoms with van der Waals surface area (Å²) in [7, 11) is 1.40. The Morgan fingerprint density at radius 3 is 3.12 bits per heavy atom. The Morgan fingerprint density at radius 1 is 1.75 bits per heavy atom. The lowest BCUT2D eigenvalue weighted by Crippen LogP contribution is -1.73. The number of rotatable bonds is 2. The van der Waals surface area contributed by atoms with E-state index in [0.717, 1.165) is 12.2 Å². The topological polar surface area (TPSA) is 9.23 Å². The van der Waals surface area contributed by atoms with Crippen molar-refractivity contribution in [3.8, 4) is 0 Å². The third-order valence-electron chi connectivity index (χ3n) is 1.14. The van der Waals surface area contributed by atoms with Gasteiger partial charge < -0.3 is 4.18 Å². The van der Waals surface area contributed by atoms with Crippen LogP contribution < -0.4 is 0 Å². The Bertz CT molecular complexity index is 103. The van der Waals surface area contributed by atoms with Crippen LogP contribution in [-0.4, -0.2) is 0 Å². The van der Waals surface area contributed by atoms with Crippen LogP contribution in [0.1, 0.15) is 19.3 Å². The van der Waals surface area contributed by atoms with Crippen molar-refractivity contribution in [2.45, 2.75) is 19.3 Å². The predicted molar refractivity (Wildman–Crippen MR) is 44.6 cm³/mol. The van der Waals surface area contributed by atoms with Crippen molar-refractivity contribution < 1.29 is 4.18 Å². The van der Waals surface area contributed by atoms with Gasteiger partial charge in [-0.2, -0.15) is 0 Å². The lowest BCUT2D eigenvalue weighted by molar-refractivity contribution is 0.488. The molecule has 0 saturated carbocycles. The minimum atomic E-state index is 1.13. The number of hydrogen-bond acceptors (Lipinski definition) is 2. The number of halogens is 1. The van der Waals surface area contributed by atoms with Crippen LogP contribution in [0.5, 0.6) is 0 Å². The van der Waals surface area contributed by atoms with Crippen LogP contribution in [0.2, 0.25) is 0 Å². The van der Waals surface area contributed by atoms with Crippen molar-refractivity contribution in [3.05, 3.63) is 11.8 Å². The minimum absolute atomic E-state index is 1.13. The van der Waals surface area contributed by atoms with Crippen LogP contribution in [-0.2, 0) is 4.18 Å². The molecule has 0 radical (unpaired) electrons. The summed E-state index contributed by atoms with van der Waals surface area (Å²) < 4.78 is 5.17. The van der Waals surface area contributed by atoms with E-state index in [-0.39, 0.29) is 0 Å². The molecule has 0 fully saturated rings. The second-order valence-electron chi connectivity index (χ2n) is 1.71. The standard InChI is InChI=1S/C5H7IOS/c6-8-7-5-3-1-2-4-5/h3H,1-2,4H2. The van der Waals surface area contributed by atoms with Gasteiger partial charge in [0.15, 0.2) is 0 Å². The molecule has 0 unspecified atom stereocenters. The molecular formula is C5H7IOS. The van der Waals surface area contributed by atoms with Crippen LogP contribution >= 0.6 is 30.4 Å². The zero-order valence-electron chi connectivity index (χ0n) is 4.39. The van der Waals surface area contributed by atoms with E-state index in [9.17, 15) is 0 Å². The largest absolute Gasteiger partial charge is 0.420 e. The van der Waals surface area contributed by atoms with E-state index in [0.29, 0.717) is 0 Å². The summed E-state index contributed by atoms with van der Waals surface area (Å²) in [4.78, 5) is 0. The van der Waals surface area contributed by atoms with Crippen molar-refractivity contribution >= 4 is 30.4 Å². The van der Waals surface area contributed by atoms with E-state index in [1.807, 2.05) is 0 Å². The fraction of sp³-hybridized carbons (Fsp3) is 0.600. The molecule has 0 amide bonds. The molecule has 0 atom stereocenters. The third-order valence-corrected chi connectivity index (χ3v) is 1.95. The van der Waals surface area contributed by atoms with Gasteiger partial charge in [-0.15, -0.1) is 0 Å². The molecule has 0 N–H and O–H groups in total. The first kappa shape index (κ1) is 6.74. The highest BCUT2D eigenvalue weighted by atomic mass is 127. The van der Waals surface area contributed by atoms with Gasteiger partial charge in [-0.1, -0.05) is 0 Å². The van der Waals surface area contributed by atoms with E-state index in [1.165, 1.54) is 22.1 Å². The molecule has 0 aromatic carbocycles. The van der Waals surface area contributed by atoms with Gasteiger partial charge in [0.05, 0.1) is 0 Å². The van der Waals surface area contributed by atoms with Gasteiger partial charge in [0.2, 0.25) is 0 Å². The molecule has 1 nitrogen and oxygen atoms in total. The molecule has 1 aliphatic rings. The summed E-state index contributed by atoms with van der Waals surface area (Å²) in [5.74, 6) is 1.16. The first-order valence-electron chi connectivity index (χ1n) is 2.58. The molecular weight excluding hydrogens is 235 g/mol. The second kappa shape index (κ2) is 3.61. The fourth-order valence-electron chi connectivity index (χ4n) is 0.758. The summed E-state index contributed by atoms with van der Waals surface area (Å²) >= 11 is 2.13. The molecule has 0 aromatic rings. The molecule has 0 bridgehead atoms. The van der Waals surface area contributed by atoms with Gasteiger partial charge in [-0.3, -0.25) is 0 Å². The minimum Gasteiger partial charge on any atom is -0.420 e. The van der Waals surface area contributed by atoms with Crippen LogP contribution in [0.25, 0.3) is 0 Å². The molecule has 0 heterocycles. The van der Waals surface area contributed by atoms with Gasteiger partial charge in [-0.05, 0) is 18.9 Å². The maximum atomic E-state index is 5.17. The number of hydrogen-bond donors (Lipinski definition) is 0. The molecule has 1 rings (SSSR count). The van der Waals surface area contributed by atoms with E-state index < -0.39 is 0 Å². The van der Waals surface area contributed by atoms with Crippen LogP contribution in [0.3, 0.4) is 0 Å². The molecule has 46 valence electrons. The van der Waals surface area contributed by atoms with Gasteiger partial charge in [0.25, 0.3) is 0 Å². The van der Waals surface area contributed by atoms with Crippen molar-refractivity contribution in [1.29, 1.82) is 0 Å². The SMILES string of the molecule is ISOC1=CCCC1. The molecule has 8 heavy (non-hydrogen) atoms. The predicted octanol–water partition coefficient (Wildman–Crippen LogP) is 3.07. The van der Waals surface area contributed by atoms with Crippen LogP contribution in [0.15, 0.2) is 11.8 Å². The zero-order valence-corrected chi connectivity index (χ0v) is 7.37. The van der Waals surface area contributed by atoms with E-state index >= 15 is 0 Å². The average Bonchev–Trinajstić information content (AvgIpc) is 2.19. The maximum absolute atomic E-state index is 5.17. The molecule has 0 saturated heterocycles. The summed E-state index contributed by atoms with van der Waals surface area (Å²) in [5.41, 5.74) is 0. The Hall–Kier alpha value is 0.620. The fourth-order valence-corrected chi connectivity index (χ4v) is 1.68.